The van der Waals surface area contributed by atoms with Gasteiger partial charge in [-0.05, 0) is 19.2 Å². The summed E-state index contributed by atoms with van der Waals surface area (Å²) in [5.41, 5.74) is 1.53. The summed E-state index contributed by atoms with van der Waals surface area (Å²) in [4.78, 5) is 13.4. The Kier molecular flexibility index (Phi) is 2.52. The van der Waals surface area contributed by atoms with Crippen molar-refractivity contribution in [2.45, 2.75) is 6.54 Å². The van der Waals surface area contributed by atoms with E-state index in [1.807, 2.05) is 0 Å². The normalized spacial score (nSPS) is 16.9. The Morgan fingerprint density at radius 3 is 2.94 bits per heavy atom. The monoisotopic (exact) mass is 246 g/mol. The fourth-order valence-electron chi connectivity index (χ4n) is 2.52. The number of fused-ring (bicyclic) bond motifs is 1. The van der Waals surface area contributed by atoms with Gasteiger partial charge in [0, 0.05) is 25.6 Å². The highest BCUT2D eigenvalue weighted by molar-refractivity contribution is 6.00. The number of aromatic carboxylic acids is 1. The molecule has 1 saturated heterocycles. The molecule has 0 saturated carbocycles. The molecule has 1 aromatic carbocycles. The Labute approximate surface area is 104 Å². The number of carboxylic acids is 1. The van der Waals surface area contributed by atoms with Crippen molar-refractivity contribution in [3.63, 3.8) is 0 Å². The molecule has 0 atom stereocenters. The van der Waals surface area contributed by atoms with E-state index in [-0.39, 0.29) is 5.56 Å². The minimum atomic E-state index is -0.935. The van der Waals surface area contributed by atoms with E-state index in [0.29, 0.717) is 17.0 Å². The molecule has 2 aromatic rings. The zero-order chi connectivity index (χ0) is 12.7. The van der Waals surface area contributed by atoms with Crippen LogP contribution in [0, 0.1) is 5.92 Å². The standard InChI is InChI=1S/C12H14N4O2/c1-15-5-8(6-15)7-16-11-9(12(17)18)3-2-4-10(11)13-14-16/h2-4,8H,5-7H2,1H3,(H,17,18). The zero-order valence-electron chi connectivity index (χ0n) is 10.1. The molecule has 1 aromatic heterocycles. The molecular weight excluding hydrogens is 232 g/mol. The minimum Gasteiger partial charge on any atom is -0.478 e. The number of hydrogen-bond donors (Lipinski definition) is 1. The van der Waals surface area contributed by atoms with Gasteiger partial charge < -0.3 is 10.0 Å². The van der Waals surface area contributed by atoms with Crippen LogP contribution in [-0.4, -0.2) is 51.1 Å². The molecule has 6 nitrogen and oxygen atoms in total. The number of carboxylic acid groups (broad SMARTS) is 1. The van der Waals surface area contributed by atoms with Gasteiger partial charge >= 0.3 is 5.97 Å². The van der Waals surface area contributed by atoms with Crippen LogP contribution < -0.4 is 0 Å². The van der Waals surface area contributed by atoms with Gasteiger partial charge in [-0.25, -0.2) is 9.48 Å². The van der Waals surface area contributed by atoms with E-state index in [2.05, 4.69) is 22.3 Å². The van der Waals surface area contributed by atoms with Crippen molar-refractivity contribution in [2.75, 3.05) is 20.1 Å². The first-order valence-corrected chi connectivity index (χ1v) is 5.89. The molecule has 94 valence electrons. The number of likely N-dealkylation sites (tertiary alicyclic amines) is 1. The van der Waals surface area contributed by atoms with Gasteiger partial charge in [0.25, 0.3) is 0 Å². The van der Waals surface area contributed by atoms with Gasteiger partial charge in [0.15, 0.2) is 0 Å². The maximum absolute atomic E-state index is 11.2. The van der Waals surface area contributed by atoms with Gasteiger partial charge in [-0.3, -0.25) is 0 Å². The summed E-state index contributed by atoms with van der Waals surface area (Å²) in [6.07, 6.45) is 0. The fraction of sp³-hybridized carbons (Fsp3) is 0.417. The lowest BCUT2D eigenvalue weighted by Gasteiger charge is -2.36. The summed E-state index contributed by atoms with van der Waals surface area (Å²) >= 11 is 0. The fourth-order valence-corrected chi connectivity index (χ4v) is 2.52. The molecule has 2 heterocycles. The van der Waals surface area contributed by atoms with E-state index in [0.717, 1.165) is 19.6 Å². The molecule has 1 fully saturated rings. The number of nitrogens with zero attached hydrogens (tertiary/aromatic N) is 4. The summed E-state index contributed by atoms with van der Waals surface area (Å²) in [7, 11) is 2.07. The predicted molar refractivity (Wildman–Crippen MR) is 65.5 cm³/mol. The third-order valence-electron chi connectivity index (χ3n) is 3.33. The second kappa shape index (κ2) is 4.06. The summed E-state index contributed by atoms with van der Waals surface area (Å²) < 4.78 is 1.72. The van der Waals surface area contributed by atoms with Crippen LogP contribution >= 0.6 is 0 Å². The van der Waals surface area contributed by atoms with Crippen LogP contribution in [0.5, 0.6) is 0 Å². The molecule has 1 N–H and O–H groups in total. The molecule has 0 spiro atoms. The van der Waals surface area contributed by atoms with Crippen molar-refractivity contribution in [1.29, 1.82) is 0 Å². The van der Waals surface area contributed by atoms with Crippen LogP contribution in [-0.2, 0) is 6.54 Å². The summed E-state index contributed by atoms with van der Waals surface area (Å²) in [6.45, 7) is 2.78. The first kappa shape index (κ1) is 11.2. The Morgan fingerprint density at radius 2 is 2.28 bits per heavy atom. The molecule has 6 heteroatoms. The van der Waals surface area contributed by atoms with Gasteiger partial charge in [0.2, 0.25) is 0 Å². The van der Waals surface area contributed by atoms with Crippen molar-refractivity contribution in [3.8, 4) is 0 Å². The van der Waals surface area contributed by atoms with Gasteiger partial charge in [-0.2, -0.15) is 0 Å². The van der Waals surface area contributed by atoms with Crippen molar-refractivity contribution in [3.05, 3.63) is 23.8 Å². The van der Waals surface area contributed by atoms with Crippen LogP contribution in [0.2, 0.25) is 0 Å². The lowest BCUT2D eigenvalue weighted by atomic mass is 10.0. The van der Waals surface area contributed by atoms with E-state index in [4.69, 9.17) is 0 Å². The largest absolute Gasteiger partial charge is 0.478 e. The number of aromatic nitrogens is 3. The molecule has 0 aliphatic carbocycles. The third-order valence-corrected chi connectivity index (χ3v) is 3.33. The number of hydrogen-bond acceptors (Lipinski definition) is 4. The first-order chi connectivity index (χ1) is 8.65. The van der Waals surface area contributed by atoms with E-state index in [9.17, 15) is 9.90 Å². The first-order valence-electron chi connectivity index (χ1n) is 5.89. The van der Waals surface area contributed by atoms with Crippen molar-refractivity contribution in [2.24, 2.45) is 5.92 Å². The lowest BCUT2D eigenvalue weighted by molar-refractivity contribution is 0.0698. The summed E-state index contributed by atoms with van der Waals surface area (Å²) in [5.74, 6) is -0.406. The molecule has 0 radical (unpaired) electrons. The lowest BCUT2D eigenvalue weighted by Crippen LogP contribution is -2.45. The van der Waals surface area contributed by atoms with Gasteiger partial charge in [-0.1, -0.05) is 11.3 Å². The van der Waals surface area contributed by atoms with E-state index < -0.39 is 5.97 Å². The average molecular weight is 246 g/mol. The van der Waals surface area contributed by atoms with Gasteiger partial charge in [-0.15, -0.1) is 5.10 Å². The maximum atomic E-state index is 11.2. The van der Waals surface area contributed by atoms with E-state index in [1.54, 1.807) is 22.9 Å². The van der Waals surface area contributed by atoms with Crippen LogP contribution in [0.1, 0.15) is 10.4 Å². The van der Waals surface area contributed by atoms with Crippen LogP contribution in [0.4, 0.5) is 0 Å². The highest BCUT2D eigenvalue weighted by Crippen LogP contribution is 2.20. The summed E-state index contributed by atoms with van der Waals surface area (Å²) in [5, 5.41) is 17.3. The molecule has 3 rings (SSSR count). The molecule has 0 amide bonds. The predicted octanol–water partition coefficient (Wildman–Crippen LogP) is 0.691. The van der Waals surface area contributed by atoms with E-state index in [1.165, 1.54) is 0 Å². The Balaban J connectivity index is 1.99. The topological polar surface area (TPSA) is 71.2 Å². The molecular formula is C12H14N4O2. The van der Waals surface area contributed by atoms with Gasteiger partial charge in [0.05, 0.1) is 5.56 Å². The van der Waals surface area contributed by atoms with E-state index >= 15 is 0 Å². The third kappa shape index (κ3) is 1.74. The molecule has 0 unspecified atom stereocenters. The maximum Gasteiger partial charge on any atom is 0.337 e. The quantitative estimate of drug-likeness (QED) is 0.862. The minimum absolute atomic E-state index is 0.269. The Bertz CT molecular complexity index is 601. The van der Waals surface area contributed by atoms with Crippen molar-refractivity contribution < 1.29 is 9.90 Å². The molecule has 18 heavy (non-hydrogen) atoms. The molecule has 1 aliphatic rings. The number of para-hydroxylation sites is 1. The number of benzene rings is 1. The van der Waals surface area contributed by atoms with Gasteiger partial charge in [0.1, 0.15) is 11.0 Å². The SMILES string of the molecule is CN1CC(Cn2nnc3cccc(C(=O)O)c32)C1. The van der Waals surface area contributed by atoms with Crippen LogP contribution in [0.25, 0.3) is 11.0 Å². The van der Waals surface area contributed by atoms with Crippen molar-refractivity contribution in [1.82, 2.24) is 19.9 Å². The Morgan fingerprint density at radius 1 is 1.50 bits per heavy atom. The summed E-state index contributed by atoms with van der Waals surface area (Å²) in [6, 6.07) is 5.08. The highest BCUT2D eigenvalue weighted by Gasteiger charge is 2.25. The zero-order valence-corrected chi connectivity index (χ0v) is 10.1. The average Bonchev–Trinajstić information content (AvgIpc) is 2.70. The number of rotatable bonds is 3. The number of carbonyl (C=O) groups is 1. The Hall–Kier alpha value is -1.95. The molecule has 0 bridgehead atoms. The smallest absolute Gasteiger partial charge is 0.337 e. The van der Waals surface area contributed by atoms with Crippen LogP contribution in [0.3, 0.4) is 0 Å². The van der Waals surface area contributed by atoms with Crippen molar-refractivity contribution >= 4 is 17.0 Å². The van der Waals surface area contributed by atoms with Crippen LogP contribution in [0.15, 0.2) is 18.2 Å². The molecule has 1 aliphatic heterocycles. The second-order valence-electron chi connectivity index (χ2n) is 4.84. The highest BCUT2D eigenvalue weighted by atomic mass is 16.4. The second-order valence-corrected chi connectivity index (χ2v) is 4.84.